The van der Waals surface area contributed by atoms with Gasteiger partial charge < -0.3 is 4.98 Å². The molecule has 2 nitrogen and oxygen atoms in total. The van der Waals surface area contributed by atoms with Crippen molar-refractivity contribution < 1.29 is 4.39 Å². The Kier molecular flexibility index (Phi) is 2.18. The summed E-state index contributed by atoms with van der Waals surface area (Å²) in [5.74, 6) is -0.458. The minimum absolute atomic E-state index is 0.458. The van der Waals surface area contributed by atoms with Crippen molar-refractivity contribution in [2.75, 3.05) is 0 Å². The van der Waals surface area contributed by atoms with E-state index in [-0.39, 0.29) is 0 Å². The van der Waals surface area contributed by atoms with Crippen LogP contribution in [0.25, 0.3) is 22.2 Å². The number of aromatic amines is 1. The highest BCUT2D eigenvalue weighted by atomic mass is 19.1. The first-order valence-electron chi connectivity index (χ1n) is 5.44. The van der Waals surface area contributed by atoms with Gasteiger partial charge in [-0.05, 0) is 36.8 Å². The summed E-state index contributed by atoms with van der Waals surface area (Å²) in [6, 6.07) is 11.4. The summed E-state index contributed by atoms with van der Waals surface area (Å²) in [5.41, 5.74) is 4.14. The smallest absolute Gasteiger partial charge is 0.212 e. The average Bonchev–Trinajstić information content (AvgIpc) is 2.72. The maximum absolute atomic E-state index is 12.7. The number of hydrogen-bond acceptors (Lipinski definition) is 1. The zero-order valence-electron chi connectivity index (χ0n) is 9.37. The lowest BCUT2D eigenvalue weighted by Crippen LogP contribution is -1.83. The third kappa shape index (κ3) is 1.80. The van der Waals surface area contributed by atoms with Gasteiger partial charge in [0.15, 0.2) is 0 Å². The zero-order valence-corrected chi connectivity index (χ0v) is 9.37. The van der Waals surface area contributed by atoms with Crippen LogP contribution in [-0.2, 0) is 0 Å². The quantitative estimate of drug-likeness (QED) is 0.630. The minimum atomic E-state index is -0.458. The first-order chi connectivity index (χ1) is 8.22. The van der Waals surface area contributed by atoms with Crippen LogP contribution < -0.4 is 0 Å². The Balaban J connectivity index is 2.14. The van der Waals surface area contributed by atoms with Crippen molar-refractivity contribution in [2.24, 2.45) is 0 Å². The van der Waals surface area contributed by atoms with Crippen LogP contribution >= 0.6 is 0 Å². The Labute approximate surface area is 98.1 Å². The number of pyridine rings is 1. The lowest BCUT2D eigenvalue weighted by Gasteiger charge is -1.95. The van der Waals surface area contributed by atoms with Crippen LogP contribution in [-0.4, -0.2) is 9.97 Å². The molecular weight excluding hydrogens is 215 g/mol. The van der Waals surface area contributed by atoms with Gasteiger partial charge in [-0.25, -0.2) is 4.98 Å². The van der Waals surface area contributed by atoms with E-state index < -0.39 is 5.95 Å². The predicted octanol–water partition coefficient (Wildman–Crippen LogP) is 3.68. The van der Waals surface area contributed by atoms with Crippen LogP contribution in [0.4, 0.5) is 4.39 Å². The maximum atomic E-state index is 12.7. The van der Waals surface area contributed by atoms with Crippen molar-refractivity contribution in [3.05, 3.63) is 54.1 Å². The second kappa shape index (κ2) is 3.70. The molecule has 3 aromatic rings. The first-order valence-corrected chi connectivity index (χ1v) is 5.44. The van der Waals surface area contributed by atoms with Gasteiger partial charge in [0, 0.05) is 28.4 Å². The molecule has 17 heavy (non-hydrogen) atoms. The van der Waals surface area contributed by atoms with Gasteiger partial charge in [-0.1, -0.05) is 12.1 Å². The normalized spacial score (nSPS) is 10.9. The van der Waals surface area contributed by atoms with E-state index in [2.05, 4.69) is 35.1 Å². The predicted molar refractivity (Wildman–Crippen MR) is 66.2 cm³/mol. The fraction of sp³-hybridized carbons (Fsp3) is 0.0714. The molecule has 0 aliphatic rings. The third-order valence-corrected chi connectivity index (χ3v) is 2.82. The molecule has 0 aliphatic carbocycles. The Morgan fingerprint density at radius 3 is 2.76 bits per heavy atom. The van der Waals surface area contributed by atoms with Crippen molar-refractivity contribution in [1.29, 1.82) is 0 Å². The van der Waals surface area contributed by atoms with Crippen molar-refractivity contribution in [3.8, 4) is 11.3 Å². The number of nitrogens with one attached hydrogen (secondary N) is 1. The summed E-state index contributed by atoms with van der Waals surface area (Å²) in [4.78, 5) is 6.97. The van der Waals surface area contributed by atoms with Crippen LogP contribution in [0.5, 0.6) is 0 Å². The van der Waals surface area contributed by atoms with Crippen LogP contribution in [0.3, 0.4) is 0 Å². The van der Waals surface area contributed by atoms with Gasteiger partial charge >= 0.3 is 0 Å². The van der Waals surface area contributed by atoms with E-state index in [0.717, 1.165) is 22.2 Å². The molecule has 0 saturated heterocycles. The lowest BCUT2D eigenvalue weighted by molar-refractivity contribution is 0.584. The molecule has 0 radical (unpaired) electrons. The van der Waals surface area contributed by atoms with Crippen molar-refractivity contribution >= 4 is 10.9 Å². The summed E-state index contributed by atoms with van der Waals surface area (Å²) in [6.45, 7) is 2.05. The van der Waals surface area contributed by atoms with Gasteiger partial charge in [0.05, 0.1) is 0 Å². The second-order valence-corrected chi connectivity index (χ2v) is 4.14. The largest absolute Gasteiger partial charge is 0.354 e. The lowest BCUT2D eigenvalue weighted by atomic mass is 10.1. The van der Waals surface area contributed by atoms with E-state index in [1.54, 1.807) is 6.07 Å². The van der Waals surface area contributed by atoms with Crippen molar-refractivity contribution in [2.45, 2.75) is 6.92 Å². The summed E-state index contributed by atoms with van der Waals surface area (Å²) < 4.78 is 12.7. The van der Waals surface area contributed by atoms with Gasteiger partial charge in [-0.2, -0.15) is 4.39 Å². The molecular formula is C14H11FN2. The van der Waals surface area contributed by atoms with Gasteiger partial charge in [0.25, 0.3) is 0 Å². The summed E-state index contributed by atoms with van der Waals surface area (Å²) in [7, 11) is 0. The first kappa shape index (κ1) is 10.0. The number of halogens is 1. The number of fused-ring (bicyclic) bond motifs is 1. The monoisotopic (exact) mass is 226 g/mol. The Bertz CT molecular complexity index is 668. The molecule has 2 aromatic heterocycles. The van der Waals surface area contributed by atoms with Crippen LogP contribution in [0.15, 0.2) is 42.6 Å². The van der Waals surface area contributed by atoms with Gasteiger partial charge in [-0.3, -0.25) is 0 Å². The Morgan fingerprint density at radius 1 is 1.12 bits per heavy atom. The fourth-order valence-corrected chi connectivity index (χ4v) is 1.93. The topological polar surface area (TPSA) is 28.7 Å². The number of aromatic nitrogens is 2. The highest BCUT2D eigenvalue weighted by Gasteiger charge is 2.04. The average molecular weight is 226 g/mol. The molecule has 0 saturated carbocycles. The number of H-pyrrole nitrogens is 1. The molecule has 3 rings (SSSR count). The van der Waals surface area contributed by atoms with E-state index >= 15 is 0 Å². The van der Waals surface area contributed by atoms with E-state index in [4.69, 9.17) is 0 Å². The van der Waals surface area contributed by atoms with Crippen LogP contribution in [0.2, 0.25) is 0 Å². The zero-order chi connectivity index (χ0) is 11.8. The molecule has 1 aromatic carbocycles. The molecule has 84 valence electrons. The molecule has 3 heteroatoms. The fourth-order valence-electron chi connectivity index (χ4n) is 1.93. The van der Waals surface area contributed by atoms with Crippen molar-refractivity contribution in [3.63, 3.8) is 0 Å². The third-order valence-electron chi connectivity index (χ3n) is 2.82. The number of aryl methyl sites for hydroxylation is 1. The van der Waals surface area contributed by atoms with E-state index in [1.807, 2.05) is 6.07 Å². The van der Waals surface area contributed by atoms with E-state index in [0.29, 0.717) is 0 Å². The SMILES string of the molecule is Cc1ccc2cc(-c3ccc(F)nc3)[nH]c2c1. The van der Waals surface area contributed by atoms with Gasteiger partial charge in [0.1, 0.15) is 0 Å². The van der Waals surface area contributed by atoms with Crippen LogP contribution in [0.1, 0.15) is 5.56 Å². The highest BCUT2D eigenvalue weighted by Crippen LogP contribution is 2.24. The number of hydrogen-bond donors (Lipinski definition) is 1. The number of nitrogens with zero attached hydrogens (tertiary/aromatic N) is 1. The number of benzene rings is 1. The molecule has 2 heterocycles. The molecule has 0 amide bonds. The summed E-state index contributed by atoms with van der Waals surface area (Å²) in [6.07, 6.45) is 1.53. The maximum Gasteiger partial charge on any atom is 0.212 e. The van der Waals surface area contributed by atoms with E-state index in [9.17, 15) is 4.39 Å². The minimum Gasteiger partial charge on any atom is -0.354 e. The second-order valence-electron chi connectivity index (χ2n) is 4.14. The standard InChI is InChI=1S/C14H11FN2/c1-9-2-3-10-7-13(17-12(10)6-9)11-4-5-14(15)16-8-11/h2-8,17H,1H3. The Hall–Kier alpha value is -2.16. The summed E-state index contributed by atoms with van der Waals surface area (Å²) >= 11 is 0. The molecule has 0 aliphatic heterocycles. The molecule has 0 bridgehead atoms. The highest BCUT2D eigenvalue weighted by molar-refractivity contribution is 5.86. The molecule has 0 fully saturated rings. The molecule has 1 N–H and O–H groups in total. The Morgan fingerprint density at radius 2 is 2.00 bits per heavy atom. The number of rotatable bonds is 1. The summed E-state index contributed by atoms with van der Waals surface area (Å²) in [5, 5.41) is 1.15. The van der Waals surface area contributed by atoms with Gasteiger partial charge in [0.2, 0.25) is 5.95 Å². The van der Waals surface area contributed by atoms with Gasteiger partial charge in [-0.15, -0.1) is 0 Å². The molecule has 0 atom stereocenters. The van der Waals surface area contributed by atoms with E-state index in [1.165, 1.54) is 17.8 Å². The molecule has 0 spiro atoms. The van der Waals surface area contributed by atoms with Crippen molar-refractivity contribution in [1.82, 2.24) is 9.97 Å². The molecule has 0 unspecified atom stereocenters. The van der Waals surface area contributed by atoms with Crippen LogP contribution in [0, 0.1) is 12.9 Å².